The molecule has 1 heterocycles. The standard InChI is InChI=1S/C23H18Cl2N2O4/c1-13-17(22(28)27(2)23(29)18(13)11-26)8-14-4-7-20(21(9-14)30-3)31-12-15-5-6-16(24)10-19(15)25/h4-10H,12H2,1-3H3/b17-8+. The molecule has 2 aromatic carbocycles. The lowest BCUT2D eigenvalue weighted by molar-refractivity contribution is -0.138. The first-order valence-electron chi connectivity index (χ1n) is 9.17. The second-order valence-electron chi connectivity index (χ2n) is 6.77. The highest BCUT2D eigenvalue weighted by atomic mass is 35.5. The molecule has 0 N–H and O–H groups in total. The van der Waals surface area contributed by atoms with E-state index in [2.05, 4.69) is 0 Å². The van der Waals surface area contributed by atoms with Crippen molar-refractivity contribution in [2.24, 2.45) is 0 Å². The Morgan fingerprint density at radius 1 is 1.10 bits per heavy atom. The zero-order valence-corrected chi connectivity index (χ0v) is 18.5. The first-order valence-corrected chi connectivity index (χ1v) is 9.92. The Hall–Kier alpha value is -3.27. The minimum Gasteiger partial charge on any atom is -0.493 e. The van der Waals surface area contributed by atoms with Crippen LogP contribution >= 0.6 is 23.2 Å². The van der Waals surface area contributed by atoms with E-state index in [1.54, 1.807) is 49.4 Å². The maximum atomic E-state index is 12.6. The summed E-state index contributed by atoms with van der Waals surface area (Å²) in [6.07, 6.45) is 1.61. The van der Waals surface area contributed by atoms with Crippen LogP contribution in [0.1, 0.15) is 18.1 Å². The van der Waals surface area contributed by atoms with Crippen molar-refractivity contribution in [2.75, 3.05) is 14.2 Å². The Balaban J connectivity index is 1.90. The van der Waals surface area contributed by atoms with Crippen LogP contribution in [0.4, 0.5) is 0 Å². The fourth-order valence-corrected chi connectivity index (χ4v) is 3.51. The number of rotatable bonds is 5. The second kappa shape index (κ2) is 9.25. The van der Waals surface area contributed by atoms with Gasteiger partial charge in [-0.3, -0.25) is 14.5 Å². The molecule has 0 radical (unpaired) electrons. The van der Waals surface area contributed by atoms with Gasteiger partial charge < -0.3 is 9.47 Å². The number of benzene rings is 2. The number of ether oxygens (including phenoxy) is 2. The van der Waals surface area contributed by atoms with E-state index in [0.717, 1.165) is 10.5 Å². The molecular formula is C23H18Cl2N2O4. The average Bonchev–Trinajstić information content (AvgIpc) is 2.75. The SMILES string of the molecule is COc1cc(/C=C2/C(=O)N(C)C(=O)C(C#N)=C2C)ccc1OCc1ccc(Cl)cc1Cl. The van der Waals surface area contributed by atoms with Gasteiger partial charge in [0.15, 0.2) is 11.5 Å². The van der Waals surface area contributed by atoms with E-state index in [1.165, 1.54) is 14.2 Å². The van der Waals surface area contributed by atoms with Crippen LogP contribution < -0.4 is 9.47 Å². The van der Waals surface area contributed by atoms with E-state index in [9.17, 15) is 14.9 Å². The molecule has 158 valence electrons. The van der Waals surface area contributed by atoms with Gasteiger partial charge >= 0.3 is 0 Å². The Kier molecular flexibility index (Phi) is 6.69. The van der Waals surface area contributed by atoms with Gasteiger partial charge in [-0.1, -0.05) is 35.3 Å². The lowest BCUT2D eigenvalue weighted by Gasteiger charge is -2.23. The number of nitriles is 1. The van der Waals surface area contributed by atoms with Crippen molar-refractivity contribution in [1.29, 1.82) is 5.26 Å². The van der Waals surface area contributed by atoms with Crippen molar-refractivity contribution in [1.82, 2.24) is 4.90 Å². The number of nitrogens with zero attached hydrogens (tertiary/aromatic N) is 2. The zero-order chi connectivity index (χ0) is 22.7. The predicted molar refractivity (Wildman–Crippen MR) is 118 cm³/mol. The van der Waals surface area contributed by atoms with Gasteiger partial charge in [-0.15, -0.1) is 0 Å². The Labute approximate surface area is 189 Å². The number of amides is 2. The van der Waals surface area contributed by atoms with Gasteiger partial charge in [0.1, 0.15) is 18.2 Å². The molecule has 0 bridgehead atoms. The predicted octanol–water partition coefficient (Wildman–Crippen LogP) is 4.80. The molecule has 1 aliphatic heterocycles. The zero-order valence-electron chi connectivity index (χ0n) is 17.0. The maximum absolute atomic E-state index is 12.6. The van der Waals surface area contributed by atoms with Gasteiger partial charge in [0.25, 0.3) is 11.8 Å². The molecule has 0 unspecified atom stereocenters. The number of methoxy groups -OCH3 is 1. The first kappa shape index (κ1) is 22.4. The largest absolute Gasteiger partial charge is 0.493 e. The summed E-state index contributed by atoms with van der Waals surface area (Å²) in [4.78, 5) is 25.6. The molecule has 0 saturated heterocycles. The summed E-state index contributed by atoms with van der Waals surface area (Å²) in [7, 11) is 2.85. The Bertz CT molecular complexity index is 1180. The van der Waals surface area contributed by atoms with Crippen molar-refractivity contribution in [3.05, 3.63) is 74.3 Å². The Morgan fingerprint density at radius 3 is 2.48 bits per heavy atom. The average molecular weight is 457 g/mol. The second-order valence-corrected chi connectivity index (χ2v) is 7.62. The highest BCUT2D eigenvalue weighted by molar-refractivity contribution is 6.35. The summed E-state index contributed by atoms with van der Waals surface area (Å²) in [5.74, 6) is -0.139. The summed E-state index contributed by atoms with van der Waals surface area (Å²) in [5.41, 5.74) is 1.97. The monoisotopic (exact) mass is 456 g/mol. The Morgan fingerprint density at radius 2 is 1.84 bits per heavy atom. The minimum atomic E-state index is -0.607. The molecule has 8 heteroatoms. The molecule has 31 heavy (non-hydrogen) atoms. The van der Waals surface area contributed by atoms with E-state index >= 15 is 0 Å². The van der Waals surface area contributed by atoms with Gasteiger partial charge in [-0.05, 0) is 48.4 Å². The van der Waals surface area contributed by atoms with Gasteiger partial charge in [0, 0.05) is 28.2 Å². The van der Waals surface area contributed by atoms with Gasteiger partial charge in [0.05, 0.1) is 7.11 Å². The van der Waals surface area contributed by atoms with E-state index in [4.69, 9.17) is 32.7 Å². The van der Waals surface area contributed by atoms with Crippen LogP contribution in [0.3, 0.4) is 0 Å². The van der Waals surface area contributed by atoms with Crippen molar-refractivity contribution < 1.29 is 19.1 Å². The first-order chi connectivity index (χ1) is 14.8. The van der Waals surface area contributed by atoms with Crippen LogP contribution in [0.2, 0.25) is 10.0 Å². The fourth-order valence-electron chi connectivity index (χ4n) is 3.05. The third kappa shape index (κ3) is 4.58. The molecule has 6 nitrogen and oxygen atoms in total. The van der Waals surface area contributed by atoms with E-state index in [1.807, 2.05) is 6.07 Å². The molecule has 0 aliphatic carbocycles. The summed E-state index contributed by atoms with van der Waals surface area (Å²) in [5, 5.41) is 10.3. The molecule has 2 amide bonds. The third-order valence-electron chi connectivity index (χ3n) is 4.84. The van der Waals surface area contributed by atoms with Crippen LogP contribution in [-0.4, -0.2) is 30.9 Å². The van der Waals surface area contributed by atoms with Crippen LogP contribution in [-0.2, 0) is 16.2 Å². The summed E-state index contributed by atoms with van der Waals surface area (Å²) < 4.78 is 11.3. The van der Waals surface area contributed by atoms with Crippen molar-refractivity contribution in [3.63, 3.8) is 0 Å². The molecule has 0 saturated carbocycles. The van der Waals surface area contributed by atoms with Crippen molar-refractivity contribution in [2.45, 2.75) is 13.5 Å². The molecular weight excluding hydrogens is 439 g/mol. The highest BCUT2D eigenvalue weighted by Gasteiger charge is 2.32. The fraction of sp³-hybridized carbons (Fsp3) is 0.174. The third-order valence-corrected chi connectivity index (χ3v) is 5.43. The highest BCUT2D eigenvalue weighted by Crippen LogP contribution is 2.32. The molecule has 2 aromatic rings. The van der Waals surface area contributed by atoms with Gasteiger partial charge in [-0.25, -0.2) is 0 Å². The lowest BCUT2D eigenvalue weighted by atomic mass is 9.94. The van der Waals surface area contributed by atoms with Crippen LogP contribution in [0, 0.1) is 11.3 Å². The maximum Gasteiger partial charge on any atom is 0.271 e. The molecule has 0 atom stereocenters. The topological polar surface area (TPSA) is 79.6 Å². The number of imide groups is 1. The van der Waals surface area contributed by atoms with Crippen LogP contribution in [0.5, 0.6) is 11.5 Å². The van der Waals surface area contributed by atoms with E-state index in [-0.39, 0.29) is 17.8 Å². The van der Waals surface area contributed by atoms with Crippen LogP contribution in [0.25, 0.3) is 6.08 Å². The molecule has 0 fully saturated rings. The normalized spacial score (nSPS) is 15.4. The summed E-state index contributed by atoms with van der Waals surface area (Å²) >= 11 is 12.1. The number of halogens is 2. The number of carbonyl (C=O) groups excluding carboxylic acids is 2. The van der Waals surface area contributed by atoms with Gasteiger partial charge in [0.2, 0.25) is 0 Å². The minimum absolute atomic E-state index is 0.0555. The molecule has 0 aromatic heterocycles. The van der Waals surface area contributed by atoms with Crippen molar-refractivity contribution in [3.8, 4) is 17.6 Å². The number of hydrogen-bond acceptors (Lipinski definition) is 5. The summed E-state index contributed by atoms with van der Waals surface area (Å²) in [6, 6.07) is 12.2. The smallest absolute Gasteiger partial charge is 0.271 e. The van der Waals surface area contributed by atoms with Crippen molar-refractivity contribution >= 4 is 41.1 Å². The number of carbonyl (C=O) groups is 2. The summed E-state index contributed by atoms with van der Waals surface area (Å²) in [6.45, 7) is 1.79. The number of hydrogen-bond donors (Lipinski definition) is 0. The quantitative estimate of drug-likeness (QED) is 0.476. The molecule has 1 aliphatic rings. The van der Waals surface area contributed by atoms with E-state index < -0.39 is 11.8 Å². The molecule has 0 spiro atoms. The number of likely N-dealkylation sites (N-methyl/N-ethyl adjacent to an activating group) is 1. The van der Waals surface area contributed by atoms with Crippen LogP contribution in [0.15, 0.2) is 53.1 Å². The van der Waals surface area contributed by atoms with Gasteiger partial charge in [-0.2, -0.15) is 5.26 Å². The van der Waals surface area contributed by atoms with E-state index in [0.29, 0.717) is 32.7 Å². The lowest BCUT2D eigenvalue weighted by Crippen LogP contribution is -2.39. The molecule has 3 rings (SSSR count).